The van der Waals surface area contributed by atoms with Crippen LogP contribution >= 0.6 is 11.5 Å². The van der Waals surface area contributed by atoms with Crippen LogP contribution in [0.3, 0.4) is 0 Å². The normalized spacial score (nSPS) is 11.0. The van der Waals surface area contributed by atoms with Gasteiger partial charge in [0.15, 0.2) is 0 Å². The second kappa shape index (κ2) is 7.41. The van der Waals surface area contributed by atoms with Gasteiger partial charge < -0.3 is 10.6 Å². The van der Waals surface area contributed by atoms with Crippen molar-refractivity contribution in [2.24, 2.45) is 5.92 Å². The van der Waals surface area contributed by atoms with Crippen molar-refractivity contribution >= 4 is 22.4 Å². The molecule has 2 aromatic heterocycles. The quantitative estimate of drug-likeness (QED) is 0.838. The predicted molar refractivity (Wildman–Crippen MR) is 91.7 cm³/mol. The third-order valence-electron chi connectivity index (χ3n) is 3.97. The largest absolute Gasteiger partial charge is 0.382 e. The van der Waals surface area contributed by atoms with Gasteiger partial charge in [0, 0.05) is 25.5 Å². The third-order valence-corrected chi connectivity index (χ3v) is 4.89. The zero-order valence-corrected chi connectivity index (χ0v) is 13.9. The molecule has 0 unspecified atom stereocenters. The van der Waals surface area contributed by atoms with E-state index in [1.807, 2.05) is 12.1 Å². The first-order valence-electron chi connectivity index (χ1n) is 7.61. The molecule has 0 aliphatic rings. The van der Waals surface area contributed by atoms with E-state index in [4.69, 9.17) is 5.73 Å². The number of nitrogens with zero attached hydrogens (tertiary/aromatic N) is 3. The van der Waals surface area contributed by atoms with Gasteiger partial charge in [-0.3, -0.25) is 4.98 Å². The lowest BCUT2D eigenvalue weighted by atomic mass is 10.0. The molecule has 0 saturated carbocycles. The first-order chi connectivity index (χ1) is 10.2. The van der Waals surface area contributed by atoms with E-state index in [-0.39, 0.29) is 0 Å². The minimum absolute atomic E-state index is 0.615. The van der Waals surface area contributed by atoms with Crippen LogP contribution in [0.25, 0.3) is 11.1 Å². The molecule has 0 fully saturated rings. The number of nitrogens with two attached hydrogens (primary N) is 1. The van der Waals surface area contributed by atoms with Crippen molar-refractivity contribution in [3.8, 4) is 11.1 Å². The summed E-state index contributed by atoms with van der Waals surface area (Å²) in [7, 11) is 0. The van der Waals surface area contributed by atoms with Crippen molar-refractivity contribution in [2.45, 2.75) is 33.6 Å². The molecule has 0 spiro atoms. The molecule has 21 heavy (non-hydrogen) atoms. The minimum Gasteiger partial charge on any atom is -0.382 e. The number of hydrogen-bond donors (Lipinski definition) is 1. The smallest absolute Gasteiger partial charge is 0.147 e. The number of hydrogen-bond acceptors (Lipinski definition) is 5. The van der Waals surface area contributed by atoms with Crippen molar-refractivity contribution in [2.75, 3.05) is 23.7 Å². The van der Waals surface area contributed by atoms with Gasteiger partial charge in [0.1, 0.15) is 10.8 Å². The maximum atomic E-state index is 6.11. The van der Waals surface area contributed by atoms with Crippen molar-refractivity contribution < 1.29 is 0 Å². The molecule has 0 radical (unpaired) electrons. The van der Waals surface area contributed by atoms with Crippen LogP contribution < -0.4 is 10.6 Å². The molecule has 2 heterocycles. The molecule has 5 heteroatoms. The first-order valence-corrected chi connectivity index (χ1v) is 8.38. The molecule has 0 aliphatic carbocycles. The summed E-state index contributed by atoms with van der Waals surface area (Å²) >= 11 is 1.50. The Hall–Kier alpha value is -1.62. The lowest BCUT2D eigenvalue weighted by molar-refractivity contribution is 0.487. The Kier molecular flexibility index (Phi) is 5.56. The van der Waals surface area contributed by atoms with Gasteiger partial charge in [-0.1, -0.05) is 26.7 Å². The summed E-state index contributed by atoms with van der Waals surface area (Å²) in [6.45, 7) is 8.73. The first kappa shape index (κ1) is 15.8. The Morgan fingerprint density at radius 1 is 1.19 bits per heavy atom. The van der Waals surface area contributed by atoms with Crippen LogP contribution in [0.1, 0.15) is 33.6 Å². The molecule has 0 atom stereocenters. The van der Waals surface area contributed by atoms with E-state index in [1.54, 1.807) is 12.4 Å². The Balaban J connectivity index is 2.35. The minimum atomic E-state index is 0.615. The number of pyridine rings is 1. The average molecular weight is 304 g/mol. The van der Waals surface area contributed by atoms with Gasteiger partial charge >= 0.3 is 0 Å². The van der Waals surface area contributed by atoms with Crippen molar-refractivity contribution in [3.63, 3.8) is 0 Å². The number of nitrogen functional groups attached to an aromatic ring is 1. The van der Waals surface area contributed by atoms with Crippen LogP contribution in [-0.2, 0) is 0 Å². The second-order valence-corrected chi connectivity index (χ2v) is 5.96. The maximum Gasteiger partial charge on any atom is 0.147 e. The van der Waals surface area contributed by atoms with Gasteiger partial charge in [0.2, 0.25) is 0 Å². The lowest BCUT2D eigenvalue weighted by Crippen LogP contribution is -2.28. The van der Waals surface area contributed by atoms with Crippen LogP contribution in [0.5, 0.6) is 0 Å². The monoisotopic (exact) mass is 304 g/mol. The zero-order chi connectivity index (χ0) is 15.2. The standard InChI is InChI=1S/C16H24N4S/c1-4-12(5-2)11-20(6-3)16-14(15(17)19-21-16)13-7-9-18-10-8-13/h7-10,12H,4-6,11H2,1-3H3,(H2,17,19). The second-order valence-electron chi connectivity index (χ2n) is 5.21. The highest BCUT2D eigenvalue weighted by Crippen LogP contribution is 2.39. The highest BCUT2D eigenvalue weighted by Gasteiger charge is 2.20. The van der Waals surface area contributed by atoms with E-state index in [1.165, 1.54) is 29.4 Å². The van der Waals surface area contributed by atoms with Gasteiger partial charge in [0.25, 0.3) is 0 Å². The highest BCUT2D eigenvalue weighted by molar-refractivity contribution is 7.11. The topological polar surface area (TPSA) is 55.0 Å². The van der Waals surface area contributed by atoms with Crippen molar-refractivity contribution in [1.29, 1.82) is 0 Å². The van der Waals surface area contributed by atoms with E-state index in [2.05, 4.69) is 35.0 Å². The van der Waals surface area contributed by atoms with Gasteiger partial charge in [-0.2, -0.15) is 4.37 Å². The van der Waals surface area contributed by atoms with Crippen molar-refractivity contribution in [1.82, 2.24) is 9.36 Å². The molecule has 0 amide bonds. The molecule has 0 aromatic carbocycles. The molecular formula is C16H24N4S. The number of anilines is 2. The van der Waals surface area contributed by atoms with Crippen LogP contribution in [0.2, 0.25) is 0 Å². The average Bonchev–Trinajstić information content (AvgIpc) is 2.91. The molecule has 0 saturated heterocycles. The third kappa shape index (κ3) is 3.53. The lowest BCUT2D eigenvalue weighted by Gasteiger charge is -2.26. The number of aromatic nitrogens is 2. The van der Waals surface area contributed by atoms with Crippen LogP contribution in [0, 0.1) is 5.92 Å². The highest BCUT2D eigenvalue weighted by atomic mass is 32.1. The van der Waals surface area contributed by atoms with Gasteiger partial charge in [0.05, 0.1) is 5.56 Å². The van der Waals surface area contributed by atoms with E-state index >= 15 is 0 Å². The molecule has 114 valence electrons. The Morgan fingerprint density at radius 2 is 1.86 bits per heavy atom. The predicted octanol–water partition coefficient (Wildman–Crippen LogP) is 4.05. The molecule has 0 bridgehead atoms. The maximum absolute atomic E-state index is 6.11. The van der Waals surface area contributed by atoms with E-state index in [9.17, 15) is 0 Å². The van der Waals surface area contributed by atoms with Crippen LogP contribution in [0.15, 0.2) is 24.5 Å². The fourth-order valence-electron chi connectivity index (χ4n) is 2.51. The summed E-state index contributed by atoms with van der Waals surface area (Å²) in [6.07, 6.45) is 6.00. The van der Waals surface area contributed by atoms with Gasteiger partial charge in [-0.25, -0.2) is 0 Å². The summed E-state index contributed by atoms with van der Waals surface area (Å²) in [5.41, 5.74) is 8.26. The molecule has 2 N–H and O–H groups in total. The molecule has 2 aromatic rings. The summed E-state index contributed by atoms with van der Waals surface area (Å²) in [5.74, 6) is 1.32. The van der Waals surface area contributed by atoms with Gasteiger partial charge in [-0.15, -0.1) is 0 Å². The molecule has 2 rings (SSSR count). The summed E-state index contributed by atoms with van der Waals surface area (Å²) in [5, 5.41) is 1.17. The summed E-state index contributed by atoms with van der Waals surface area (Å²) < 4.78 is 4.38. The summed E-state index contributed by atoms with van der Waals surface area (Å²) in [6, 6.07) is 3.99. The fraction of sp³-hybridized carbons (Fsp3) is 0.500. The molecule has 4 nitrogen and oxygen atoms in total. The summed E-state index contributed by atoms with van der Waals surface area (Å²) in [4.78, 5) is 6.49. The Labute approximate surface area is 131 Å². The van der Waals surface area contributed by atoms with Crippen LogP contribution in [-0.4, -0.2) is 22.4 Å². The van der Waals surface area contributed by atoms with E-state index in [0.29, 0.717) is 11.7 Å². The van der Waals surface area contributed by atoms with E-state index < -0.39 is 0 Å². The Bertz CT molecular complexity index is 549. The Morgan fingerprint density at radius 3 is 2.43 bits per heavy atom. The number of rotatable bonds is 7. The zero-order valence-electron chi connectivity index (χ0n) is 13.0. The van der Waals surface area contributed by atoms with E-state index in [0.717, 1.165) is 24.2 Å². The van der Waals surface area contributed by atoms with Crippen LogP contribution in [0.4, 0.5) is 10.8 Å². The SMILES string of the molecule is CCC(CC)CN(CC)c1snc(N)c1-c1ccncc1. The fourth-order valence-corrected chi connectivity index (χ4v) is 3.42. The molecule has 0 aliphatic heterocycles. The molecular weight excluding hydrogens is 280 g/mol. The van der Waals surface area contributed by atoms with Gasteiger partial charge in [-0.05, 0) is 42.1 Å². The van der Waals surface area contributed by atoms with Crippen molar-refractivity contribution in [3.05, 3.63) is 24.5 Å².